The lowest BCUT2D eigenvalue weighted by Gasteiger charge is -2.59. The topological polar surface area (TPSA) is 37.3 Å². The van der Waals surface area contributed by atoms with Gasteiger partial charge in [-0.25, -0.2) is 0 Å². The summed E-state index contributed by atoms with van der Waals surface area (Å²) in [6.07, 6.45) is 5.72. The molecule has 4 bridgehead atoms. The van der Waals surface area contributed by atoms with Gasteiger partial charge in [0, 0.05) is 4.47 Å². The van der Waals surface area contributed by atoms with Crippen LogP contribution in [0.5, 0.6) is 0 Å². The highest BCUT2D eigenvalue weighted by Gasteiger charge is 2.57. The summed E-state index contributed by atoms with van der Waals surface area (Å²) in [4.78, 5) is 11.6. The third-order valence-electron chi connectivity index (χ3n) is 6.01. The van der Waals surface area contributed by atoms with Crippen LogP contribution in [0.3, 0.4) is 0 Å². The van der Waals surface area contributed by atoms with Crippen LogP contribution in [-0.4, -0.2) is 11.1 Å². The molecule has 4 fully saturated rings. The molecule has 2 unspecified atom stereocenters. The largest absolute Gasteiger partial charge is 0.481 e. The average molecular weight is 335 g/mol. The molecule has 0 radical (unpaired) electrons. The molecule has 2 nitrogen and oxygen atoms in total. The Morgan fingerprint density at radius 3 is 2.25 bits per heavy atom. The molecule has 20 heavy (non-hydrogen) atoms. The molecule has 5 rings (SSSR count). The number of hydrogen-bond acceptors (Lipinski definition) is 1. The molecule has 0 spiro atoms. The fourth-order valence-electron chi connectivity index (χ4n) is 5.58. The van der Waals surface area contributed by atoms with Gasteiger partial charge in [0.2, 0.25) is 0 Å². The second-order valence-electron chi connectivity index (χ2n) is 7.12. The summed E-state index contributed by atoms with van der Waals surface area (Å²) in [5.41, 5.74) is 1.70. The highest BCUT2D eigenvalue weighted by atomic mass is 79.9. The van der Waals surface area contributed by atoms with Gasteiger partial charge < -0.3 is 5.11 Å². The predicted octanol–water partition coefficient (Wildman–Crippen LogP) is 4.23. The van der Waals surface area contributed by atoms with E-state index in [1.807, 2.05) is 0 Å². The summed E-state index contributed by atoms with van der Waals surface area (Å²) < 4.78 is 1.12. The van der Waals surface area contributed by atoms with Gasteiger partial charge >= 0.3 is 5.97 Å². The van der Waals surface area contributed by atoms with Crippen molar-refractivity contribution >= 4 is 21.9 Å². The summed E-state index contributed by atoms with van der Waals surface area (Å²) in [6, 6.07) is 8.74. The Morgan fingerprint density at radius 2 is 1.70 bits per heavy atom. The molecule has 0 aromatic heterocycles. The predicted molar refractivity (Wildman–Crippen MR) is 80.5 cm³/mol. The summed E-state index contributed by atoms with van der Waals surface area (Å²) in [5.74, 6) is 0.941. The van der Waals surface area contributed by atoms with Gasteiger partial charge in [-0.15, -0.1) is 0 Å². The minimum Gasteiger partial charge on any atom is -0.481 e. The van der Waals surface area contributed by atoms with Crippen LogP contribution in [0.25, 0.3) is 0 Å². The van der Waals surface area contributed by atoms with E-state index >= 15 is 0 Å². The quantitative estimate of drug-likeness (QED) is 0.878. The zero-order valence-electron chi connectivity index (χ0n) is 11.4. The molecule has 0 heterocycles. The maximum Gasteiger partial charge on any atom is 0.307 e. The maximum absolute atomic E-state index is 11.6. The van der Waals surface area contributed by atoms with Crippen LogP contribution >= 0.6 is 15.9 Å². The number of halogens is 1. The summed E-state index contributed by atoms with van der Waals surface area (Å²) in [6.45, 7) is 0. The monoisotopic (exact) mass is 334 g/mol. The SMILES string of the molecule is O=C(O)C1C2CC3CC1CC(c1ccc(Br)cc1)(C3)C2. The van der Waals surface area contributed by atoms with Crippen molar-refractivity contribution in [2.75, 3.05) is 0 Å². The zero-order chi connectivity index (χ0) is 13.9. The van der Waals surface area contributed by atoms with Crippen LogP contribution in [0.15, 0.2) is 28.7 Å². The van der Waals surface area contributed by atoms with Crippen molar-refractivity contribution in [3.05, 3.63) is 34.3 Å². The summed E-state index contributed by atoms with van der Waals surface area (Å²) >= 11 is 3.51. The third-order valence-corrected chi connectivity index (χ3v) is 6.54. The molecule has 4 saturated carbocycles. The van der Waals surface area contributed by atoms with Gasteiger partial charge in [0.05, 0.1) is 5.92 Å². The van der Waals surface area contributed by atoms with E-state index in [9.17, 15) is 9.90 Å². The number of hydrogen-bond donors (Lipinski definition) is 1. The number of carbonyl (C=O) groups is 1. The van der Waals surface area contributed by atoms with Crippen molar-refractivity contribution in [1.29, 1.82) is 0 Å². The van der Waals surface area contributed by atoms with Gasteiger partial charge in [-0.1, -0.05) is 28.1 Å². The van der Waals surface area contributed by atoms with E-state index in [1.165, 1.54) is 12.0 Å². The molecule has 106 valence electrons. The van der Waals surface area contributed by atoms with Crippen molar-refractivity contribution in [1.82, 2.24) is 0 Å². The second-order valence-corrected chi connectivity index (χ2v) is 8.04. The first-order valence-corrected chi connectivity index (χ1v) is 8.35. The van der Waals surface area contributed by atoms with Crippen LogP contribution in [-0.2, 0) is 10.2 Å². The molecule has 0 aliphatic heterocycles. The van der Waals surface area contributed by atoms with Gasteiger partial charge in [-0.2, -0.15) is 0 Å². The van der Waals surface area contributed by atoms with E-state index in [2.05, 4.69) is 40.2 Å². The highest BCUT2D eigenvalue weighted by Crippen LogP contribution is 2.62. The number of rotatable bonds is 2. The van der Waals surface area contributed by atoms with Crippen molar-refractivity contribution in [2.24, 2.45) is 23.7 Å². The normalized spacial score (nSPS) is 41.9. The fraction of sp³-hybridized carbons (Fsp3) is 0.588. The molecule has 0 saturated heterocycles. The van der Waals surface area contributed by atoms with E-state index in [-0.39, 0.29) is 11.3 Å². The summed E-state index contributed by atoms with van der Waals surface area (Å²) in [5, 5.41) is 9.53. The lowest BCUT2D eigenvalue weighted by atomic mass is 9.45. The first-order valence-electron chi connectivity index (χ1n) is 7.56. The maximum atomic E-state index is 11.6. The van der Waals surface area contributed by atoms with E-state index in [4.69, 9.17) is 0 Å². The molecule has 4 aliphatic rings. The van der Waals surface area contributed by atoms with Gasteiger partial charge in [0.1, 0.15) is 0 Å². The number of benzene rings is 1. The molecule has 0 amide bonds. The van der Waals surface area contributed by atoms with E-state index in [1.54, 1.807) is 0 Å². The molecular weight excluding hydrogens is 316 g/mol. The molecule has 1 aromatic rings. The van der Waals surface area contributed by atoms with Crippen LogP contribution < -0.4 is 0 Å². The van der Waals surface area contributed by atoms with Crippen molar-refractivity contribution in [3.8, 4) is 0 Å². The minimum atomic E-state index is -0.551. The Bertz CT molecular complexity index is 535. The van der Waals surface area contributed by atoms with Gasteiger partial charge in [0.15, 0.2) is 0 Å². The molecule has 1 aromatic carbocycles. The molecule has 1 N–H and O–H groups in total. The van der Waals surface area contributed by atoms with Gasteiger partial charge in [-0.3, -0.25) is 4.79 Å². The Hall–Kier alpha value is -0.830. The molecular formula is C17H19BrO2. The van der Waals surface area contributed by atoms with Crippen molar-refractivity contribution in [2.45, 2.75) is 37.5 Å². The van der Waals surface area contributed by atoms with E-state index in [0.717, 1.165) is 36.1 Å². The van der Waals surface area contributed by atoms with Crippen LogP contribution in [0.1, 0.15) is 37.7 Å². The first-order chi connectivity index (χ1) is 9.57. The Balaban J connectivity index is 1.72. The van der Waals surface area contributed by atoms with Crippen LogP contribution in [0.4, 0.5) is 0 Å². The highest BCUT2D eigenvalue weighted by molar-refractivity contribution is 9.10. The van der Waals surface area contributed by atoms with Crippen LogP contribution in [0.2, 0.25) is 0 Å². The average Bonchev–Trinajstić information content (AvgIpc) is 2.37. The van der Waals surface area contributed by atoms with Crippen molar-refractivity contribution in [3.63, 3.8) is 0 Å². The molecule has 4 aliphatic carbocycles. The number of carboxylic acids is 1. The standard InChI is InChI=1S/C17H19BrO2/c18-14-3-1-13(2-4-14)17-7-10-5-11(8-17)15(16(19)20)12(6-10)9-17/h1-4,10-12,15H,5-9H2,(H,19,20). The van der Waals surface area contributed by atoms with Gasteiger partial charge in [0.25, 0.3) is 0 Å². The van der Waals surface area contributed by atoms with Gasteiger partial charge in [-0.05, 0) is 73.0 Å². The second kappa shape index (κ2) is 4.33. The lowest BCUT2D eigenvalue weighted by molar-refractivity contribution is -0.157. The van der Waals surface area contributed by atoms with Crippen LogP contribution in [0, 0.1) is 23.7 Å². The first kappa shape index (κ1) is 12.9. The van der Waals surface area contributed by atoms with E-state index in [0.29, 0.717) is 11.8 Å². The zero-order valence-corrected chi connectivity index (χ0v) is 13.0. The van der Waals surface area contributed by atoms with Crippen molar-refractivity contribution < 1.29 is 9.90 Å². The fourth-order valence-corrected chi connectivity index (χ4v) is 5.85. The smallest absolute Gasteiger partial charge is 0.307 e. The Morgan fingerprint density at radius 1 is 1.10 bits per heavy atom. The minimum absolute atomic E-state index is 0.0740. The van der Waals surface area contributed by atoms with E-state index < -0.39 is 5.97 Å². The number of carboxylic acid groups (broad SMARTS) is 1. The molecule has 3 heteroatoms. The third kappa shape index (κ3) is 1.78. The number of aliphatic carboxylic acids is 1. The Kier molecular flexibility index (Phi) is 2.79. The molecule has 2 atom stereocenters. The lowest BCUT2D eigenvalue weighted by Crippen LogP contribution is -2.54. The summed E-state index contributed by atoms with van der Waals surface area (Å²) in [7, 11) is 0. The Labute approximate surface area is 127 Å².